The van der Waals surface area contributed by atoms with Crippen molar-refractivity contribution < 1.29 is 4.74 Å². The summed E-state index contributed by atoms with van der Waals surface area (Å²) in [4.78, 5) is 0. The normalized spacial score (nSPS) is 17.4. The molecule has 1 N–H and O–H groups in total. The summed E-state index contributed by atoms with van der Waals surface area (Å²) < 4.78 is 5.06. The van der Waals surface area contributed by atoms with Crippen molar-refractivity contribution in [3.63, 3.8) is 0 Å². The van der Waals surface area contributed by atoms with Crippen LogP contribution in [0.2, 0.25) is 0 Å². The van der Waals surface area contributed by atoms with Gasteiger partial charge in [-0.25, -0.2) is 0 Å². The van der Waals surface area contributed by atoms with Gasteiger partial charge in [-0.2, -0.15) is 0 Å². The highest BCUT2D eigenvalue weighted by atomic mass is 16.5. The van der Waals surface area contributed by atoms with E-state index in [0.717, 1.165) is 0 Å². The summed E-state index contributed by atoms with van der Waals surface area (Å²) in [5.74, 6) is 0.664. The molecule has 0 saturated carbocycles. The van der Waals surface area contributed by atoms with Crippen LogP contribution in [-0.2, 0) is 4.74 Å². The van der Waals surface area contributed by atoms with Gasteiger partial charge in [0.05, 0.1) is 0 Å². The summed E-state index contributed by atoms with van der Waals surface area (Å²) in [7, 11) is 1.71. The highest BCUT2D eigenvalue weighted by Gasteiger charge is 2.08. The maximum absolute atomic E-state index is 5.06. The van der Waals surface area contributed by atoms with Crippen molar-refractivity contribution in [3.05, 3.63) is 0 Å². The fourth-order valence-electron chi connectivity index (χ4n) is 0.631. The average molecular weight is 145 g/mol. The number of ether oxygens (including phenoxy) is 1. The first kappa shape index (κ1) is 9.92. The molecule has 0 heterocycles. The topological polar surface area (TPSA) is 21.3 Å². The van der Waals surface area contributed by atoms with Crippen molar-refractivity contribution in [3.8, 4) is 0 Å². The van der Waals surface area contributed by atoms with Gasteiger partial charge in [-0.15, -0.1) is 0 Å². The minimum absolute atomic E-state index is 0.164. The first-order chi connectivity index (χ1) is 4.57. The summed E-state index contributed by atoms with van der Waals surface area (Å²) in [6, 6.07) is 0.523. The van der Waals surface area contributed by atoms with Crippen molar-refractivity contribution in [2.24, 2.45) is 5.92 Å². The van der Waals surface area contributed by atoms with Crippen LogP contribution in [0.1, 0.15) is 27.7 Å². The molecule has 0 saturated heterocycles. The summed E-state index contributed by atoms with van der Waals surface area (Å²) >= 11 is 0. The second kappa shape index (κ2) is 4.69. The molecule has 0 aliphatic carbocycles. The molecular weight excluding hydrogens is 126 g/mol. The number of hydrogen-bond donors (Lipinski definition) is 1. The van der Waals surface area contributed by atoms with E-state index in [1.807, 2.05) is 6.92 Å². The van der Waals surface area contributed by atoms with Gasteiger partial charge in [0.1, 0.15) is 6.23 Å². The first-order valence-corrected chi connectivity index (χ1v) is 3.86. The van der Waals surface area contributed by atoms with Gasteiger partial charge in [-0.3, -0.25) is 5.32 Å². The van der Waals surface area contributed by atoms with Crippen LogP contribution in [0.5, 0.6) is 0 Å². The molecule has 0 aromatic carbocycles. The Labute approximate surface area is 64.0 Å². The van der Waals surface area contributed by atoms with Crippen molar-refractivity contribution in [2.75, 3.05) is 7.11 Å². The van der Waals surface area contributed by atoms with Gasteiger partial charge in [0.15, 0.2) is 0 Å². The second-order valence-electron chi connectivity index (χ2n) is 3.08. The average Bonchev–Trinajstić information content (AvgIpc) is 1.87. The van der Waals surface area contributed by atoms with E-state index < -0.39 is 0 Å². The Morgan fingerprint density at radius 3 is 1.90 bits per heavy atom. The Bertz CT molecular complexity index is 83.3. The Balaban J connectivity index is 3.46. The monoisotopic (exact) mass is 145 g/mol. The van der Waals surface area contributed by atoms with Gasteiger partial charge in [-0.05, 0) is 19.8 Å². The fourth-order valence-corrected chi connectivity index (χ4v) is 0.631. The minimum Gasteiger partial charge on any atom is -0.367 e. The van der Waals surface area contributed by atoms with Crippen LogP contribution in [0.15, 0.2) is 0 Å². The minimum atomic E-state index is 0.164. The molecule has 2 atom stereocenters. The van der Waals surface area contributed by atoms with Crippen molar-refractivity contribution in [1.29, 1.82) is 0 Å². The maximum atomic E-state index is 5.06. The quantitative estimate of drug-likeness (QED) is 0.607. The van der Waals surface area contributed by atoms with Crippen molar-refractivity contribution in [1.82, 2.24) is 5.32 Å². The molecule has 0 aromatic rings. The van der Waals surface area contributed by atoms with Gasteiger partial charge >= 0.3 is 0 Å². The van der Waals surface area contributed by atoms with Gasteiger partial charge in [0, 0.05) is 13.2 Å². The van der Waals surface area contributed by atoms with Gasteiger partial charge in [-0.1, -0.05) is 13.8 Å². The SMILES string of the molecule is COC(C)N[C@H](C)C(C)C. The lowest BCUT2D eigenvalue weighted by Crippen LogP contribution is -2.38. The molecule has 0 aliphatic heterocycles. The van der Waals surface area contributed by atoms with Crippen LogP contribution in [0, 0.1) is 5.92 Å². The Morgan fingerprint density at radius 1 is 1.10 bits per heavy atom. The van der Waals surface area contributed by atoms with Crippen LogP contribution in [0.3, 0.4) is 0 Å². The Morgan fingerprint density at radius 2 is 1.60 bits per heavy atom. The Kier molecular flexibility index (Phi) is 4.65. The number of rotatable bonds is 4. The van der Waals surface area contributed by atoms with Crippen molar-refractivity contribution >= 4 is 0 Å². The van der Waals surface area contributed by atoms with Crippen LogP contribution >= 0.6 is 0 Å². The van der Waals surface area contributed by atoms with Crippen LogP contribution < -0.4 is 5.32 Å². The summed E-state index contributed by atoms with van der Waals surface area (Å²) in [5, 5.41) is 3.31. The van der Waals surface area contributed by atoms with Gasteiger partial charge < -0.3 is 4.74 Å². The maximum Gasteiger partial charge on any atom is 0.105 e. The van der Waals surface area contributed by atoms with E-state index in [-0.39, 0.29) is 6.23 Å². The smallest absolute Gasteiger partial charge is 0.105 e. The van der Waals surface area contributed by atoms with Crippen LogP contribution in [0.4, 0.5) is 0 Å². The van der Waals surface area contributed by atoms with E-state index in [9.17, 15) is 0 Å². The predicted molar refractivity (Wildman–Crippen MR) is 43.9 cm³/mol. The van der Waals surface area contributed by atoms with E-state index in [0.29, 0.717) is 12.0 Å². The molecular formula is C8H19NO. The number of hydrogen-bond acceptors (Lipinski definition) is 2. The molecule has 10 heavy (non-hydrogen) atoms. The zero-order chi connectivity index (χ0) is 8.15. The molecule has 62 valence electrons. The molecule has 0 rings (SSSR count). The van der Waals surface area contributed by atoms with Crippen molar-refractivity contribution in [2.45, 2.75) is 40.0 Å². The molecule has 0 spiro atoms. The third-order valence-electron chi connectivity index (χ3n) is 1.85. The van der Waals surface area contributed by atoms with E-state index in [4.69, 9.17) is 4.74 Å². The lowest BCUT2D eigenvalue weighted by Gasteiger charge is -2.21. The highest BCUT2D eigenvalue weighted by Crippen LogP contribution is 2.00. The molecule has 0 fully saturated rings. The van der Waals surface area contributed by atoms with Gasteiger partial charge in [0.25, 0.3) is 0 Å². The molecule has 0 amide bonds. The molecule has 0 aliphatic rings. The lowest BCUT2D eigenvalue weighted by molar-refractivity contribution is 0.0744. The third-order valence-corrected chi connectivity index (χ3v) is 1.85. The third kappa shape index (κ3) is 3.85. The van der Waals surface area contributed by atoms with E-state index in [1.54, 1.807) is 7.11 Å². The number of methoxy groups -OCH3 is 1. The summed E-state index contributed by atoms with van der Waals surface area (Å²) in [6.07, 6.45) is 0.164. The van der Waals surface area contributed by atoms with E-state index in [2.05, 4.69) is 26.1 Å². The summed E-state index contributed by atoms with van der Waals surface area (Å²) in [6.45, 7) is 8.57. The largest absolute Gasteiger partial charge is 0.367 e. The molecule has 0 aromatic heterocycles. The molecule has 0 bridgehead atoms. The molecule has 0 radical (unpaired) electrons. The highest BCUT2D eigenvalue weighted by molar-refractivity contribution is 4.64. The van der Waals surface area contributed by atoms with Gasteiger partial charge in [0.2, 0.25) is 0 Å². The van der Waals surface area contributed by atoms with Crippen LogP contribution in [0.25, 0.3) is 0 Å². The fraction of sp³-hybridized carbons (Fsp3) is 1.00. The van der Waals surface area contributed by atoms with Crippen LogP contribution in [-0.4, -0.2) is 19.4 Å². The summed E-state index contributed by atoms with van der Waals surface area (Å²) in [5.41, 5.74) is 0. The standard InChI is InChI=1S/C8H19NO/c1-6(2)7(3)9-8(4)10-5/h6-9H,1-5H3/t7-,8?/m1/s1. The molecule has 2 heteroatoms. The molecule has 1 unspecified atom stereocenters. The van der Waals surface area contributed by atoms with E-state index in [1.165, 1.54) is 0 Å². The predicted octanol–water partition coefficient (Wildman–Crippen LogP) is 1.61. The van der Waals surface area contributed by atoms with E-state index >= 15 is 0 Å². The zero-order valence-corrected chi connectivity index (χ0v) is 7.64. The lowest BCUT2D eigenvalue weighted by atomic mass is 10.1. The zero-order valence-electron chi connectivity index (χ0n) is 7.64. The molecule has 2 nitrogen and oxygen atoms in total. The number of nitrogens with one attached hydrogen (secondary N) is 1. The Hall–Kier alpha value is -0.0800. The second-order valence-corrected chi connectivity index (χ2v) is 3.08. The first-order valence-electron chi connectivity index (χ1n) is 3.86.